The molecule has 0 radical (unpaired) electrons. The Bertz CT molecular complexity index is 616. The van der Waals surface area contributed by atoms with Crippen LogP contribution in [-0.2, 0) is 0 Å². The van der Waals surface area contributed by atoms with Crippen molar-refractivity contribution in [1.29, 1.82) is 0 Å². The molecule has 0 aliphatic carbocycles. The van der Waals surface area contributed by atoms with Gasteiger partial charge in [-0.3, -0.25) is 0 Å². The van der Waals surface area contributed by atoms with Crippen LogP contribution in [0.5, 0.6) is 0 Å². The third-order valence-corrected chi connectivity index (χ3v) is 4.01. The Morgan fingerprint density at radius 3 is 2.58 bits per heavy atom. The number of aryl methyl sites for hydroxylation is 1. The fourth-order valence-electron chi connectivity index (χ4n) is 1.57. The van der Waals surface area contributed by atoms with E-state index in [0.717, 1.165) is 21.4 Å². The van der Waals surface area contributed by atoms with E-state index in [-0.39, 0.29) is 0 Å². The highest BCUT2D eigenvalue weighted by atomic mass is 79.9. The maximum Gasteiger partial charge on any atom is 0.175 e. The van der Waals surface area contributed by atoms with Crippen LogP contribution in [0.1, 0.15) is 5.56 Å². The molecule has 0 bridgehead atoms. The van der Waals surface area contributed by atoms with Gasteiger partial charge in [0, 0.05) is 15.8 Å². The molecule has 0 fully saturated rings. The molecule has 2 aromatic rings. The smallest absolute Gasteiger partial charge is 0.175 e. The Labute approximate surface area is 131 Å². The van der Waals surface area contributed by atoms with Gasteiger partial charge in [-0.1, -0.05) is 29.8 Å². The summed E-state index contributed by atoms with van der Waals surface area (Å²) in [6.45, 7) is 2.03. The van der Waals surface area contributed by atoms with Gasteiger partial charge in [0.1, 0.15) is 0 Å². The summed E-state index contributed by atoms with van der Waals surface area (Å²) in [5.41, 5.74) is 2.97. The number of hydrogen-bond acceptors (Lipinski definition) is 1. The summed E-state index contributed by atoms with van der Waals surface area (Å²) in [6.07, 6.45) is 0. The predicted molar refractivity (Wildman–Crippen MR) is 90.2 cm³/mol. The zero-order valence-electron chi connectivity index (χ0n) is 10.2. The molecule has 2 N–H and O–H groups in total. The fourth-order valence-corrected chi connectivity index (χ4v) is 2.23. The summed E-state index contributed by atoms with van der Waals surface area (Å²) in [5.74, 6) is 0. The van der Waals surface area contributed by atoms with Crippen molar-refractivity contribution in [1.82, 2.24) is 0 Å². The average Bonchev–Trinajstić information content (AvgIpc) is 2.37. The van der Waals surface area contributed by atoms with E-state index < -0.39 is 0 Å². The fraction of sp³-hybridized carbons (Fsp3) is 0.0714. The van der Waals surface area contributed by atoms with Crippen molar-refractivity contribution in [3.8, 4) is 0 Å². The molecule has 0 aliphatic heterocycles. The van der Waals surface area contributed by atoms with Crippen molar-refractivity contribution < 1.29 is 0 Å². The molecule has 0 unspecified atom stereocenters. The van der Waals surface area contributed by atoms with E-state index >= 15 is 0 Å². The quantitative estimate of drug-likeness (QED) is 0.722. The first-order chi connectivity index (χ1) is 9.06. The second kappa shape index (κ2) is 6.37. The molecule has 0 saturated carbocycles. The molecule has 0 atom stereocenters. The monoisotopic (exact) mass is 354 g/mol. The highest BCUT2D eigenvalue weighted by Crippen LogP contribution is 2.25. The summed E-state index contributed by atoms with van der Waals surface area (Å²) in [6, 6.07) is 13.6. The van der Waals surface area contributed by atoms with Gasteiger partial charge in [-0.05, 0) is 64.9 Å². The maximum absolute atomic E-state index is 6.03. The van der Waals surface area contributed by atoms with Crippen LogP contribution in [0, 0.1) is 6.92 Å². The van der Waals surface area contributed by atoms with Crippen molar-refractivity contribution in [2.45, 2.75) is 6.92 Å². The Balaban J connectivity index is 2.05. The molecule has 0 spiro atoms. The SMILES string of the molecule is Cc1ccccc1NC(=S)Nc1ccc(Br)c(Cl)c1. The van der Waals surface area contributed by atoms with Crippen LogP contribution < -0.4 is 10.6 Å². The van der Waals surface area contributed by atoms with E-state index in [0.29, 0.717) is 10.1 Å². The molecule has 2 rings (SSSR count). The Morgan fingerprint density at radius 2 is 1.89 bits per heavy atom. The van der Waals surface area contributed by atoms with Crippen molar-refractivity contribution in [2.75, 3.05) is 10.6 Å². The number of nitrogens with one attached hydrogen (secondary N) is 2. The first kappa shape index (κ1) is 14.3. The predicted octanol–water partition coefficient (Wildman–Crippen LogP) is 5.22. The lowest BCUT2D eigenvalue weighted by molar-refractivity contribution is 1.45. The van der Waals surface area contributed by atoms with E-state index in [1.54, 1.807) is 0 Å². The number of anilines is 2. The van der Waals surface area contributed by atoms with Gasteiger partial charge in [0.05, 0.1) is 5.02 Å². The van der Waals surface area contributed by atoms with Crippen LogP contribution >= 0.6 is 39.7 Å². The number of rotatable bonds is 2. The Morgan fingerprint density at radius 1 is 1.16 bits per heavy atom. The lowest BCUT2D eigenvalue weighted by Gasteiger charge is -2.12. The molecule has 19 heavy (non-hydrogen) atoms. The molecular weight excluding hydrogens is 344 g/mol. The van der Waals surface area contributed by atoms with Gasteiger partial charge in [-0.15, -0.1) is 0 Å². The van der Waals surface area contributed by atoms with Crippen molar-refractivity contribution >= 4 is 56.2 Å². The number of benzene rings is 2. The Kier molecular flexibility index (Phi) is 4.80. The zero-order chi connectivity index (χ0) is 13.8. The number of halogens is 2. The van der Waals surface area contributed by atoms with E-state index in [2.05, 4.69) is 26.6 Å². The zero-order valence-corrected chi connectivity index (χ0v) is 13.4. The molecule has 0 heterocycles. The van der Waals surface area contributed by atoms with Crippen molar-refractivity contribution in [2.24, 2.45) is 0 Å². The average molecular weight is 356 g/mol. The minimum absolute atomic E-state index is 0.535. The van der Waals surface area contributed by atoms with E-state index in [1.165, 1.54) is 0 Å². The largest absolute Gasteiger partial charge is 0.332 e. The summed E-state index contributed by atoms with van der Waals surface area (Å²) in [7, 11) is 0. The number of thiocarbonyl (C=S) groups is 1. The first-order valence-electron chi connectivity index (χ1n) is 5.65. The third kappa shape index (κ3) is 3.93. The summed E-state index contributed by atoms with van der Waals surface area (Å²) in [4.78, 5) is 0. The summed E-state index contributed by atoms with van der Waals surface area (Å²) >= 11 is 14.7. The van der Waals surface area contributed by atoms with Gasteiger partial charge in [0.25, 0.3) is 0 Å². The highest BCUT2D eigenvalue weighted by Gasteiger charge is 2.03. The number of hydrogen-bond donors (Lipinski definition) is 2. The van der Waals surface area contributed by atoms with Gasteiger partial charge in [0.2, 0.25) is 0 Å². The normalized spacial score (nSPS) is 10.1. The molecule has 2 aromatic carbocycles. The van der Waals surface area contributed by atoms with Crippen LogP contribution in [0.3, 0.4) is 0 Å². The lowest BCUT2D eigenvalue weighted by Crippen LogP contribution is -2.19. The minimum atomic E-state index is 0.535. The summed E-state index contributed by atoms with van der Waals surface area (Å²) < 4.78 is 0.859. The molecule has 0 saturated heterocycles. The first-order valence-corrected chi connectivity index (χ1v) is 7.23. The van der Waals surface area contributed by atoms with E-state index in [9.17, 15) is 0 Å². The standard InChI is InChI=1S/C14H12BrClN2S/c1-9-4-2-3-5-13(9)18-14(19)17-10-6-7-11(15)12(16)8-10/h2-8H,1H3,(H2,17,18,19). The minimum Gasteiger partial charge on any atom is -0.332 e. The molecular formula is C14H12BrClN2S. The molecule has 2 nitrogen and oxygen atoms in total. The highest BCUT2D eigenvalue weighted by molar-refractivity contribution is 9.10. The van der Waals surface area contributed by atoms with Crippen LogP contribution in [0.15, 0.2) is 46.9 Å². The van der Waals surface area contributed by atoms with Crippen LogP contribution in [0.25, 0.3) is 0 Å². The van der Waals surface area contributed by atoms with E-state index in [1.807, 2.05) is 49.4 Å². The van der Waals surface area contributed by atoms with Gasteiger partial charge in [0.15, 0.2) is 5.11 Å². The van der Waals surface area contributed by atoms with Gasteiger partial charge in [-0.25, -0.2) is 0 Å². The van der Waals surface area contributed by atoms with Crippen LogP contribution in [0.4, 0.5) is 11.4 Å². The lowest BCUT2D eigenvalue weighted by atomic mass is 10.2. The Hall–Kier alpha value is -1.10. The van der Waals surface area contributed by atoms with Crippen LogP contribution in [-0.4, -0.2) is 5.11 Å². The second-order valence-corrected chi connectivity index (χ2v) is 5.69. The molecule has 5 heteroatoms. The molecule has 0 amide bonds. The van der Waals surface area contributed by atoms with Gasteiger partial charge >= 0.3 is 0 Å². The maximum atomic E-state index is 6.03. The van der Waals surface area contributed by atoms with Crippen molar-refractivity contribution in [3.63, 3.8) is 0 Å². The molecule has 98 valence electrons. The number of para-hydroxylation sites is 1. The summed E-state index contributed by atoms with van der Waals surface area (Å²) in [5, 5.41) is 7.44. The van der Waals surface area contributed by atoms with Crippen LogP contribution in [0.2, 0.25) is 5.02 Å². The van der Waals surface area contributed by atoms with Crippen molar-refractivity contribution in [3.05, 3.63) is 57.5 Å². The topological polar surface area (TPSA) is 24.1 Å². The van der Waals surface area contributed by atoms with E-state index in [4.69, 9.17) is 23.8 Å². The van der Waals surface area contributed by atoms with Gasteiger partial charge in [-0.2, -0.15) is 0 Å². The molecule has 0 aromatic heterocycles. The second-order valence-electron chi connectivity index (χ2n) is 4.02. The van der Waals surface area contributed by atoms with Gasteiger partial charge < -0.3 is 10.6 Å². The third-order valence-electron chi connectivity index (χ3n) is 2.57. The molecule has 0 aliphatic rings.